The molecule has 1 aromatic heterocycles. The minimum absolute atomic E-state index is 0.0971. The summed E-state index contributed by atoms with van der Waals surface area (Å²) in [4.78, 5) is 28.0. The van der Waals surface area contributed by atoms with Crippen LogP contribution >= 0.6 is 0 Å². The second-order valence-electron chi connectivity index (χ2n) is 11.1. The van der Waals surface area contributed by atoms with Crippen LogP contribution in [-0.4, -0.2) is 57.1 Å². The van der Waals surface area contributed by atoms with Gasteiger partial charge in [-0.2, -0.15) is 0 Å². The molecule has 1 aromatic carbocycles. The fourth-order valence-electron chi connectivity index (χ4n) is 6.98. The quantitative estimate of drug-likeness (QED) is 0.539. The Balaban J connectivity index is 1.22. The molecule has 2 saturated heterocycles. The molecule has 36 heavy (non-hydrogen) atoms. The summed E-state index contributed by atoms with van der Waals surface area (Å²) >= 11 is 0. The highest BCUT2D eigenvalue weighted by Gasteiger charge is 2.61. The third-order valence-corrected chi connectivity index (χ3v) is 8.99. The summed E-state index contributed by atoms with van der Waals surface area (Å²) in [5.74, 6) is 1.49. The summed E-state index contributed by atoms with van der Waals surface area (Å²) in [6.45, 7) is 1.32. The summed E-state index contributed by atoms with van der Waals surface area (Å²) < 4.78 is 12.5. The molecule has 4 fully saturated rings. The van der Waals surface area contributed by atoms with E-state index in [1.54, 1.807) is 11.8 Å². The standard InChI is InChI=1S/C28H36N4O4/c1-35-21-9-7-20(8-10-21)26(19-5-3-2-4-6-19)27(34)32-16-13-23(28(32)14-15-28)24-18-31(30-29-24)17-22-11-12-25(33)36-22/h7-10,18-19,22-23,26H,2-6,11-17H2,1H3. The molecule has 8 heteroatoms. The van der Waals surface area contributed by atoms with Crippen LogP contribution in [0.3, 0.4) is 0 Å². The fraction of sp³-hybridized carbons (Fsp3) is 0.643. The van der Waals surface area contributed by atoms with Crippen molar-refractivity contribution in [3.05, 3.63) is 41.7 Å². The largest absolute Gasteiger partial charge is 0.497 e. The molecule has 2 saturated carbocycles. The minimum atomic E-state index is -0.133. The number of hydrogen-bond acceptors (Lipinski definition) is 6. The fourth-order valence-corrected chi connectivity index (χ4v) is 6.98. The monoisotopic (exact) mass is 492 g/mol. The van der Waals surface area contributed by atoms with E-state index in [1.807, 2.05) is 18.3 Å². The number of nitrogens with zero attached hydrogens (tertiary/aromatic N) is 4. The van der Waals surface area contributed by atoms with Gasteiger partial charge < -0.3 is 14.4 Å². The van der Waals surface area contributed by atoms with Gasteiger partial charge in [0.1, 0.15) is 11.9 Å². The van der Waals surface area contributed by atoms with Gasteiger partial charge in [0.15, 0.2) is 0 Å². The average molecular weight is 493 g/mol. The first-order valence-electron chi connectivity index (χ1n) is 13.6. The lowest BCUT2D eigenvalue weighted by molar-refractivity contribution is -0.142. The Morgan fingerprint density at radius 2 is 1.92 bits per heavy atom. The molecule has 8 nitrogen and oxygen atoms in total. The third-order valence-electron chi connectivity index (χ3n) is 8.99. The number of benzene rings is 1. The van der Waals surface area contributed by atoms with E-state index in [1.165, 1.54) is 19.3 Å². The molecule has 2 aliphatic carbocycles. The summed E-state index contributed by atoms with van der Waals surface area (Å²) in [5.41, 5.74) is 1.95. The van der Waals surface area contributed by atoms with Crippen molar-refractivity contribution in [1.29, 1.82) is 0 Å². The van der Waals surface area contributed by atoms with E-state index in [2.05, 4.69) is 27.3 Å². The van der Waals surface area contributed by atoms with E-state index >= 15 is 0 Å². The molecular formula is C28H36N4O4. The predicted molar refractivity (Wildman–Crippen MR) is 132 cm³/mol. The number of carbonyl (C=O) groups is 2. The molecule has 0 radical (unpaired) electrons. The number of ether oxygens (including phenoxy) is 2. The zero-order valence-electron chi connectivity index (χ0n) is 21.1. The Bertz CT molecular complexity index is 1100. The number of methoxy groups -OCH3 is 1. The van der Waals surface area contributed by atoms with Gasteiger partial charge in [-0.05, 0) is 62.1 Å². The maximum Gasteiger partial charge on any atom is 0.306 e. The zero-order chi connectivity index (χ0) is 24.7. The van der Waals surface area contributed by atoms with Gasteiger partial charge in [-0.25, -0.2) is 4.68 Å². The van der Waals surface area contributed by atoms with E-state index in [0.29, 0.717) is 18.9 Å². The van der Waals surface area contributed by atoms with Gasteiger partial charge >= 0.3 is 5.97 Å². The normalized spacial score (nSPS) is 26.2. The van der Waals surface area contributed by atoms with E-state index in [0.717, 1.165) is 62.1 Å². The van der Waals surface area contributed by atoms with Crippen molar-refractivity contribution in [2.24, 2.45) is 5.92 Å². The Labute approximate surface area is 212 Å². The van der Waals surface area contributed by atoms with Gasteiger partial charge in [-0.1, -0.05) is 36.6 Å². The number of likely N-dealkylation sites (tertiary alicyclic amines) is 1. The molecule has 6 rings (SSSR count). The Morgan fingerprint density at radius 1 is 1.14 bits per heavy atom. The van der Waals surface area contributed by atoms with E-state index in [4.69, 9.17) is 9.47 Å². The molecule has 192 valence electrons. The van der Waals surface area contributed by atoms with Crippen LogP contribution in [-0.2, 0) is 20.9 Å². The second kappa shape index (κ2) is 9.52. The highest BCUT2D eigenvalue weighted by Crippen LogP contribution is 2.58. The molecular weight excluding hydrogens is 456 g/mol. The van der Waals surface area contributed by atoms with Crippen LogP contribution in [0, 0.1) is 5.92 Å². The van der Waals surface area contributed by atoms with Crippen LogP contribution in [0.5, 0.6) is 5.75 Å². The Hall–Kier alpha value is -2.90. The van der Waals surface area contributed by atoms with Gasteiger partial charge in [0.2, 0.25) is 5.91 Å². The summed E-state index contributed by atoms with van der Waals surface area (Å²) in [6, 6.07) is 8.14. The van der Waals surface area contributed by atoms with E-state index in [9.17, 15) is 9.59 Å². The van der Waals surface area contributed by atoms with Crippen LogP contribution in [0.2, 0.25) is 0 Å². The maximum atomic E-state index is 14.3. The van der Waals surface area contributed by atoms with Crippen LogP contribution in [0.15, 0.2) is 30.5 Å². The first-order valence-corrected chi connectivity index (χ1v) is 13.6. The summed E-state index contributed by atoms with van der Waals surface area (Å²) in [7, 11) is 1.68. The lowest BCUT2D eigenvalue weighted by atomic mass is 9.76. The Morgan fingerprint density at radius 3 is 2.58 bits per heavy atom. The van der Waals surface area contributed by atoms with Crippen LogP contribution < -0.4 is 4.74 Å². The predicted octanol–water partition coefficient (Wildman–Crippen LogP) is 4.20. The molecule has 3 heterocycles. The number of cyclic esters (lactones) is 1. The molecule has 3 atom stereocenters. The number of esters is 1. The number of rotatable bonds is 7. The van der Waals surface area contributed by atoms with Crippen molar-refractivity contribution in [1.82, 2.24) is 19.9 Å². The number of carbonyl (C=O) groups excluding carboxylic acids is 2. The van der Waals surface area contributed by atoms with Crippen molar-refractivity contribution >= 4 is 11.9 Å². The lowest BCUT2D eigenvalue weighted by Crippen LogP contribution is -2.44. The topological polar surface area (TPSA) is 86.5 Å². The lowest BCUT2D eigenvalue weighted by Gasteiger charge is -2.36. The number of hydrogen-bond donors (Lipinski definition) is 0. The van der Waals surface area contributed by atoms with Crippen LogP contribution in [0.25, 0.3) is 0 Å². The molecule has 1 amide bonds. The first kappa shape index (κ1) is 23.5. The molecule has 0 N–H and O–H groups in total. The highest BCUT2D eigenvalue weighted by molar-refractivity contribution is 5.86. The molecule has 3 unspecified atom stereocenters. The van der Waals surface area contributed by atoms with Gasteiger partial charge in [0, 0.05) is 25.1 Å². The molecule has 0 bridgehead atoms. The van der Waals surface area contributed by atoms with Gasteiger partial charge in [-0.15, -0.1) is 5.10 Å². The molecule has 4 aliphatic rings. The third kappa shape index (κ3) is 4.28. The average Bonchev–Trinajstić information content (AvgIpc) is 3.18. The highest BCUT2D eigenvalue weighted by atomic mass is 16.5. The Kier molecular flexibility index (Phi) is 6.21. The zero-order valence-corrected chi connectivity index (χ0v) is 21.1. The van der Waals surface area contributed by atoms with Gasteiger partial charge in [0.05, 0.1) is 30.8 Å². The molecule has 1 spiro atoms. The van der Waals surface area contributed by atoms with E-state index < -0.39 is 0 Å². The van der Waals surface area contributed by atoms with Crippen molar-refractivity contribution in [3.8, 4) is 5.75 Å². The second-order valence-corrected chi connectivity index (χ2v) is 11.1. The van der Waals surface area contributed by atoms with Crippen molar-refractivity contribution in [2.45, 2.75) is 94.2 Å². The first-order chi connectivity index (χ1) is 17.6. The molecule has 2 aliphatic heterocycles. The van der Waals surface area contributed by atoms with Crippen molar-refractivity contribution < 1.29 is 19.1 Å². The van der Waals surface area contributed by atoms with Crippen LogP contribution in [0.1, 0.15) is 87.3 Å². The van der Waals surface area contributed by atoms with Crippen molar-refractivity contribution in [2.75, 3.05) is 13.7 Å². The van der Waals surface area contributed by atoms with Crippen LogP contribution in [0.4, 0.5) is 0 Å². The summed E-state index contributed by atoms with van der Waals surface area (Å²) in [5, 5.41) is 8.87. The minimum Gasteiger partial charge on any atom is -0.497 e. The molecule has 2 aromatic rings. The smallest absolute Gasteiger partial charge is 0.306 e. The van der Waals surface area contributed by atoms with Gasteiger partial charge in [-0.3, -0.25) is 9.59 Å². The summed E-state index contributed by atoms with van der Waals surface area (Å²) in [6.07, 6.45) is 12.0. The number of aromatic nitrogens is 3. The van der Waals surface area contributed by atoms with Crippen molar-refractivity contribution in [3.63, 3.8) is 0 Å². The van der Waals surface area contributed by atoms with Gasteiger partial charge in [0.25, 0.3) is 0 Å². The SMILES string of the molecule is COc1ccc(C(C(=O)N2CCC(c3cn(CC4CCC(=O)O4)nn3)C23CC3)C2CCCCC2)cc1. The van der Waals surface area contributed by atoms with E-state index in [-0.39, 0.29) is 35.4 Å². The maximum absolute atomic E-state index is 14.3. The number of amides is 1.